The molecule has 100 valence electrons. The molecule has 0 radical (unpaired) electrons. The van der Waals surface area contributed by atoms with E-state index in [1.807, 2.05) is 45.0 Å². The Bertz CT molecular complexity index is 558. The van der Waals surface area contributed by atoms with Crippen molar-refractivity contribution in [2.24, 2.45) is 0 Å². The monoisotopic (exact) mass is 258 g/mol. The Morgan fingerprint density at radius 3 is 2.68 bits per heavy atom. The number of benzene rings is 1. The van der Waals surface area contributed by atoms with Gasteiger partial charge in [0.05, 0.1) is 6.20 Å². The fourth-order valence-electron chi connectivity index (χ4n) is 1.72. The van der Waals surface area contributed by atoms with Gasteiger partial charge in [-0.25, -0.2) is 0 Å². The average molecular weight is 258 g/mol. The van der Waals surface area contributed by atoms with Crippen molar-refractivity contribution in [2.75, 3.05) is 0 Å². The van der Waals surface area contributed by atoms with Crippen molar-refractivity contribution >= 4 is 5.91 Å². The molecule has 1 unspecified atom stereocenters. The molecule has 4 nitrogen and oxygen atoms in total. The van der Waals surface area contributed by atoms with Gasteiger partial charge in [0.15, 0.2) is 5.76 Å². The number of aryl methyl sites for hydroxylation is 1. The van der Waals surface area contributed by atoms with Crippen molar-refractivity contribution in [3.8, 4) is 11.3 Å². The first-order valence-electron chi connectivity index (χ1n) is 6.44. The first-order chi connectivity index (χ1) is 9.11. The summed E-state index contributed by atoms with van der Waals surface area (Å²) < 4.78 is 5.22. The summed E-state index contributed by atoms with van der Waals surface area (Å²) in [6.07, 6.45) is 2.35. The number of hydrogen-bond acceptors (Lipinski definition) is 3. The molecule has 0 bridgehead atoms. The summed E-state index contributed by atoms with van der Waals surface area (Å²) in [7, 11) is 0. The van der Waals surface area contributed by atoms with Crippen LogP contribution in [0.4, 0.5) is 0 Å². The van der Waals surface area contributed by atoms with Gasteiger partial charge in [-0.3, -0.25) is 4.79 Å². The number of nitrogens with one attached hydrogen (secondary N) is 1. The van der Waals surface area contributed by atoms with E-state index < -0.39 is 0 Å². The maximum atomic E-state index is 12.1. The zero-order valence-corrected chi connectivity index (χ0v) is 11.4. The molecule has 1 atom stereocenters. The molecule has 0 aliphatic carbocycles. The molecule has 1 N–H and O–H groups in total. The number of amides is 1. The van der Waals surface area contributed by atoms with Gasteiger partial charge in [0.25, 0.3) is 5.91 Å². The Labute approximate surface area is 112 Å². The van der Waals surface area contributed by atoms with Crippen LogP contribution in [-0.2, 0) is 0 Å². The second-order valence-electron chi connectivity index (χ2n) is 4.72. The van der Waals surface area contributed by atoms with Crippen molar-refractivity contribution in [1.82, 2.24) is 10.5 Å². The number of carbonyl (C=O) groups is 1. The smallest absolute Gasteiger partial charge is 0.257 e. The molecule has 0 saturated heterocycles. The van der Waals surface area contributed by atoms with Crippen LogP contribution in [0.2, 0.25) is 0 Å². The van der Waals surface area contributed by atoms with Crippen molar-refractivity contribution in [1.29, 1.82) is 0 Å². The van der Waals surface area contributed by atoms with Gasteiger partial charge in [-0.15, -0.1) is 0 Å². The van der Waals surface area contributed by atoms with E-state index in [0.29, 0.717) is 11.3 Å². The molecule has 0 aliphatic rings. The van der Waals surface area contributed by atoms with E-state index in [0.717, 1.165) is 17.5 Å². The van der Waals surface area contributed by atoms with Gasteiger partial charge in [0.1, 0.15) is 5.56 Å². The minimum absolute atomic E-state index is 0.133. The predicted octanol–water partition coefficient (Wildman–Crippen LogP) is 3.18. The summed E-state index contributed by atoms with van der Waals surface area (Å²) in [4.78, 5) is 12.1. The molecule has 0 saturated carbocycles. The molecule has 19 heavy (non-hydrogen) atoms. The van der Waals surface area contributed by atoms with Crippen LogP contribution in [0, 0.1) is 6.92 Å². The molecule has 1 heterocycles. The fourth-order valence-corrected chi connectivity index (χ4v) is 1.72. The SMILES string of the molecule is CCC(C)NC(=O)c1cnoc1-c1ccc(C)cc1. The van der Waals surface area contributed by atoms with Crippen LogP contribution in [0.3, 0.4) is 0 Å². The van der Waals surface area contributed by atoms with E-state index in [2.05, 4.69) is 10.5 Å². The van der Waals surface area contributed by atoms with Crippen LogP contribution in [0.25, 0.3) is 11.3 Å². The third-order valence-electron chi connectivity index (χ3n) is 3.12. The van der Waals surface area contributed by atoms with E-state index in [9.17, 15) is 4.79 Å². The first kappa shape index (κ1) is 13.3. The van der Waals surface area contributed by atoms with Gasteiger partial charge in [-0.1, -0.05) is 41.9 Å². The summed E-state index contributed by atoms with van der Waals surface area (Å²) in [6, 6.07) is 7.95. The lowest BCUT2D eigenvalue weighted by Crippen LogP contribution is -2.31. The number of aromatic nitrogens is 1. The van der Waals surface area contributed by atoms with Gasteiger partial charge in [0, 0.05) is 11.6 Å². The molecular weight excluding hydrogens is 240 g/mol. The molecule has 1 aromatic heterocycles. The summed E-state index contributed by atoms with van der Waals surface area (Å²) in [5.41, 5.74) is 2.50. The number of carbonyl (C=O) groups excluding carboxylic acids is 1. The quantitative estimate of drug-likeness (QED) is 0.916. The highest BCUT2D eigenvalue weighted by atomic mass is 16.5. The highest BCUT2D eigenvalue weighted by Gasteiger charge is 2.18. The topological polar surface area (TPSA) is 55.1 Å². The second kappa shape index (κ2) is 5.69. The summed E-state index contributed by atoms with van der Waals surface area (Å²) in [5, 5.41) is 6.65. The van der Waals surface area contributed by atoms with E-state index in [4.69, 9.17) is 4.52 Å². The zero-order chi connectivity index (χ0) is 13.8. The van der Waals surface area contributed by atoms with Crippen molar-refractivity contribution in [2.45, 2.75) is 33.2 Å². The maximum absolute atomic E-state index is 12.1. The largest absolute Gasteiger partial charge is 0.355 e. The lowest BCUT2D eigenvalue weighted by Gasteiger charge is -2.10. The Morgan fingerprint density at radius 2 is 2.05 bits per heavy atom. The molecular formula is C15H18N2O2. The lowest BCUT2D eigenvalue weighted by atomic mass is 10.1. The Balaban J connectivity index is 2.27. The molecule has 4 heteroatoms. The molecule has 0 aliphatic heterocycles. The standard InChI is InChI=1S/C15H18N2O2/c1-4-11(3)17-15(18)13-9-16-19-14(13)12-7-5-10(2)6-8-12/h5-9,11H,4H2,1-3H3,(H,17,18). The first-order valence-corrected chi connectivity index (χ1v) is 6.44. The van der Waals surface area contributed by atoms with Crippen LogP contribution < -0.4 is 5.32 Å². The van der Waals surface area contributed by atoms with Gasteiger partial charge >= 0.3 is 0 Å². The average Bonchev–Trinajstić information content (AvgIpc) is 2.88. The fraction of sp³-hybridized carbons (Fsp3) is 0.333. The predicted molar refractivity (Wildman–Crippen MR) is 73.9 cm³/mol. The number of rotatable bonds is 4. The van der Waals surface area contributed by atoms with Crippen molar-refractivity contribution < 1.29 is 9.32 Å². The highest BCUT2D eigenvalue weighted by molar-refractivity contribution is 5.99. The Hall–Kier alpha value is -2.10. The minimum Gasteiger partial charge on any atom is -0.355 e. The molecule has 1 amide bonds. The van der Waals surface area contributed by atoms with Crippen LogP contribution >= 0.6 is 0 Å². The molecule has 2 aromatic rings. The normalized spacial score (nSPS) is 12.2. The van der Waals surface area contributed by atoms with Gasteiger partial charge < -0.3 is 9.84 Å². The van der Waals surface area contributed by atoms with E-state index in [1.165, 1.54) is 6.20 Å². The number of nitrogens with zero attached hydrogens (tertiary/aromatic N) is 1. The second-order valence-corrected chi connectivity index (χ2v) is 4.72. The third kappa shape index (κ3) is 3.02. The lowest BCUT2D eigenvalue weighted by molar-refractivity contribution is 0.0939. The van der Waals surface area contributed by atoms with Crippen molar-refractivity contribution in [3.05, 3.63) is 41.6 Å². The summed E-state index contributed by atoms with van der Waals surface area (Å²) in [5.74, 6) is 0.368. The van der Waals surface area contributed by atoms with Crippen LogP contribution in [0.15, 0.2) is 35.0 Å². The molecule has 0 spiro atoms. The van der Waals surface area contributed by atoms with Crippen LogP contribution in [0.5, 0.6) is 0 Å². The highest BCUT2D eigenvalue weighted by Crippen LogP contribution is 2.23. The van der Waals surface area contributed by atoms with Gasteiger partial charge in [-0.2, -0.15) is 0 Å². The molecule has 1 aromatic carbocycles. The summed E-state index contributed by atoms with van der Waals surface area (Å²) in [6.45, 7) is 6.01. The maximum Gasteiger partial charge on any atom is 0.257 e. The van der Waals surface area contributed by atoms with Crippen LogP contribution in [-0.4, -0.2) is 17.1 Å². The van der Waals surface area contributed by atoms with Gasteiger partial charge in [-0.05, 0) is 20.3 Å². The van der Waals surface area contributed by atoms with Crippen LogP contribution in [0.1, 0.15) is 36.2 Å². The van der Waals surface area contributed by atoms with E-state index in [1.54, 1.807) is 0 Å². The third-order valence-corrected chi connectivity index (χ3v) is 3.12. The molecule has 0 fully saturated rings. The summed E-state index contributed by atoms with van der Waals surface area (Å²) >= 11 is 0. The zero-order valence-electron chi connectivity index (χ0n) is 11.4. The molecule has 2 rings (SSSR count). The minimum atomic E-state index is -0.147. The Kier molecular flexibility index (Phi) is 4.00. The van der Waals surface area contributed by atoms with Gasteiger partial charge in [0.2, 0.25) is 0 Å². The van der Waals surface area contributed by atoms with Crippen molar-refractivity contribution in [3.63, 3.8) is 0 Å². The number of hydrogen-bond donors (Lipinski definition) is 1. The van der Waals surface area contributed by atoms with E-state index >= 15 is 0 Å². The van der Waals surface area contributed by atoms with E-state index in [-0.39, 0.29) is 11.9 Å². The Morgan fingerprint density at radius 1 is 1.37 bits per heavy atom.